The average Bonchev–Trinajstić information content (AvgIpc) is 2.59. The number of likely N-dealkylation sites (N-methyl/N-ethyl adjacent to an activating group) is 1. The third-order valence-electron chi connectivity index (χ3n) is 3.72. The van der Waals surface area contributed by atoms with Crippen molar-refractivity contribution < 1.29 is 34.2 Å². The van der Waals surface area contributed by atoms with Gasteiger partial charge in [-0.25, -0.2) is 0 Å². The number of rotatable bonds is 11. The maximum Gasteiger partial charge on any atom is 0.322 e. The highest BCUT2D eigenvalue weighted by Crippen LogP contribution is 2.24. The van der Waals surface area contributed by atoms with Crippen molar-refractivity contribution in [2.75, 3.05) is 18.8 Å². The number of nitrogens with zero attached hydrogens (tertiary/aromatic N) is 1. The Hall–Kier alpha value is -2.14. The summed E-state index contributed by atoms with van der Waals surface area (Å²) in [5.74, 6) is -3.73. The standard InChI is InChI=1S/C17H29N3O7S/c1-5-20(12(21)7-6-10(18)15(25)26)11(14(24)19-8-13(22)23)9-28-16(27)17(2,3)4/h10-11H,5-9,18H2,1-4H3,(H,19,24)(H,22,23)(H,25,26)/t10-,11-/m0/s1. The van der Waals surface area contributed by atoms with Gasteiger partial charge in [0.05, 0.1) is 0 Å². The van der Waals surface area contributed by atoms with Crippen molar-refractivity contribution >= 4 is 40.6 Å². The lowest BCUT2D eigenvalue weighted by Gasteiger charge is -2.30. The molecule has 2 amide bonds. The van der Waals surface area contributed by atoms with E-state index in [0.29, 0.717) is 0 Å². The van der Waals surface area contributed by atoms with Crippen LogP contribution in [0.2, 0.25) is 0 Å². The van der Waals surface area contributed by atoms with E-state index in [9.17, 15) is 24.0 Å². The van der Waals surface area contributed by atoms with E-state index >= 15 is 0 Å². The van der Waals surface area contributed by atoms with Gasteiger partial charge in [-0.05, 0) is 13.3 Å². The summed E-state index contributed by atoms with van der Waals surface area (Å²) in [5, 5.41) is 19.6. The van der Waals surface area contributed by atoms with E-state index in [-0.39, 0.29) is 30.3 Å². The Labute approximate surface area is 168 Å². The van der Waals surface area contributed by atoms with Crippen molar-refractivity contribution in [3.05, 3.63) is 0 Å². The number of carbonyl (C=O) groups is 5. The van der Waals surface area contributed by atoms with Crippen molar-refractivity contribution in [1.29, 1.82) is 0 Å². The van der Waals surface area contributed by atoms with E-state index in [1.807, 2.05) is 0 Å². The summed E-state index contributed by atoms with van der Waals surface area (Å²) >= 11 is 0.885. The molecule has 0 saturated heterocycles. The van der Waals surface area contributed by atoms with Crippen molar-refractivity contribution in [3.63, 3.8) is 0 Å². The molecule has 0 spiro atoms. The van der Waals surface area contributed by atoms with Crippen LogP contribution < -0.4 is 11.1 Å². The zero-order valence-electron chi connectivity index (χ0n) is 16.6. The zero-order chi connectivity index (χ0) is 22.1. The lowest BCUT2D eigenvalue weighted by Crippen LogP contribution is -2.52. The minimum absolute atomic E-state index is 0.0495. The SMILES string of the molecule is CCN(C(=O)CC[C@H](N)C(=O)O)[C@@H](CSC(=O)C(C)(C)C)C(=O)NCC(=O)O. The maximum atomic E-state index is 12.5. The first-order valence-electron chi connectivity index (χ1n) is 8.75. The van der Waals surface area contributed by atoms with E-state index in [0.717, 1.165) is 11.8 Å². The quantitative estimate of drug-likeness (QED) is 0.357. The normalized spacial score (nSPS) is 13.3. The highest BCUT2D eigenvalue weighted by molar-refractivity contribution is 8.13. The largest absolute Gasteiger partial charge is 0.480 e. The van der Waals surface area contributed by atoms with Crippen LogP contribution in [0.5, 0.6) is 0 Å². The van der Waals surface area contributed by atoms with Gasteiger partial charge in [-0.2, -0.15) is 0 Å². The molecule has 160 valence electrons. The van der Waals surface area contributed by atoms with Gasteiger partial charge in [-0.15, -0.1) is 0 Å². The van der Waals surface area contributed by atoms with Crippen LogP contribution in [-0.4, -0.2) is 74.9 Å². The molecule has 0 fully saturated rings. The zero-order valence-corrected chi connectivity index (χ0v) is 17.4. The molecule has 2 atom stereocenters. The van der Waals surface area contributed by atoms with E-state index in [1.165, 1.54) is 4.90 Å². The predicted octanol–water partition coefficient (Wildman–Crippen LogP) is -0.0977. The van der Waals surface area contributed by atoms with E-state index in [4.69, 9.17) is 15.9 Å². The minimum Gasteiger partial charge on any atom is -0.480 e. The third-order valence-corrected chi connectivity index (χ3v) is 5.08. The second kappa shape index (κ2) is 11.6. The highest BCUT2D eigenvalue weighted by Gasteiger charge is 2.32. The molecule has 0 aromatic heterocycles. The van der Waals surface area contributed by atoms with Crippen molar-refractivity contribution in [2.24, 2.45) is 11.1 Å². The third kappa shape index (κ3) is 9.18. The van der Waals surface area contributed by atoms with Gasteiger partial charge in [0.25, 0.3) is 0 Å². The number of hydrogen-bond acceptors (Lipinski definition) is 7. The fraction of sp³-hybridized carbons (Fsp3) is 0.706. The first kappa shape index (κ1) is 25.9. The van der Waals surface area contributed by atoms with Crippen LogP contribution in [0.15, 0.2) is 0 Å². The summed E-state index contributed by atoms with van der Waals surface area (Å²) in [5.41, 5.74) is 4.76. The summed E-state index contributed by atoms with van der Waals surface area (Å²) < 4.78 is 0. The van der Waals surface area contributed by atoms with Crippen LogP contribution in [-0.2, 0) is 24.0 Å². The molecule has 0 aromatic carbocycles. The molecule has 0 aliphatic carbocycles. The number of carbonyl (C=O) groups excluding carboxylic acids is 3. The van der Waals surface area contributed by atoms with Gasteiger partial charge in [0.2, 0.25) is 11.8 Å². The minimum atomic E-state index is -1.24. The molecule has 0 heterocycles. The van der Waals surface area contributed by atoms with Crippen LogP contribution in [0, 0.1) is 5.41 Å². The molecule has 0 aliphatic heterocycles. The van der Waals surface area contributed by atoms with E-state index in [1.54, 1.807) is 27.7 Å². The molecule has 0 radical (unpaired) electrons. The molecule has 28 heavy (non-hydrogen) atoms. The lowest BCUT2D eigenvalue weighted by atomic mass is 10.00. The van der Waals surface area contributed by atoms with Gasteiger partial charge in [-0.3, -0.25) is 24.0 Å². The number of thioether (sulfide) groups is 1. The van der Waals surface area contributed by atoms with Gasteiger partial charge in [-0.1, -0.05) is 32.5 Å². The van der Waals surface area contributed by atoms with Crippen molar-refractivity contribution in [3.8, 4) is 0 Å². The first-order chi connectivity index (χ1) is 12.8. The summed E-state index contributed by atoms with van der Waals surface area (Å²) in [6.07, 6.45) is -0.301. The van der Waals surface area contributed by atoms with Crippen LogP contribution in [0.1, 0.15) is 40.5 Å². The fourth-order valence-electron chi connectivity index (χ4n) is 2.08. The Morgan fingerprint density at radius 1 is 1.14 bits per heavy atom. The van der Waals surface area contributed by atoms with Crippen LogP contribution >= 0.6 is 11.8 Å². The van der Waals surface area contributed by atoms with Gasteiger partial charge >= 0.3 is 11.9 Å². The molecule has 0 aliphatic rings. The molecule has 5 N–H and O–H groups in total. The van der Waals surface area contributed by atoms with E-state index < -0.39 is 47.8 Å². The summed E-state index contributed by atoms with van der Waals surface area (Å²) in [6.45, 7) is 6.29. The van der Waals surface area contributed by atoms with Crippen LogP contribution in [0.3, 0.4) is 0 Å². The smallest absolute Gasteiger partial charge is 0.322 e. The number of carboxylic acid groups (broad SMARTS) is 2. The molecule has 10 nitrogen and oxygen atoms in total. The van der Waals surface area contributed by atoms with Crippen molar-refractivity contribution in [1.82, 2.24) is 10.2 Å². The second-order valence-electron chi connectivity index (χ2n) is 7.14. The van der Waals surface area contributed by atoms with E-state index in [2.05, 4.69) is 5.32 Å². The number of nitrogens with one attached hydrogen (secondary N) is 1. The Kier molecular flexibility index (Phi) is 10.8. The number of carboxylic acids is 2. The number of amides is 2. The Morgan fingerprint density at radius 2 is 1.71 bits per heavy atom. The number of hydrogen-bond donors (Lipinski definition) is 4. The number of nitrogens with two attached hydrogens (primary N) is 1. The molecular formula is C17H29N3O7S. The second-order valence-corrected chi connectivity index (χ2v) is 8.13. The summed E-state index contributed by atoms with van der Waals surface area (Å²) in [7, 11) is 0. The van der Waals surface area contributed by atoms with Crippen molar-refractivity contribution in [2.45, 2.75) is 52.6 Å². The Bertz CT molecular complexity index is 604. The average molecular weight is 420 g/mol. The molecule has 0 rings (SSSR count). The Morgan fingerprint density at radius 3 is 2.14 bits per heavy atom. The number of aliphatic carboxylic acids is 2. The molecule has 0 saturated carbocycles. The van der Waals surface area contributed by atoms with Gasteiger partial charge in [0, 0.05) is 24.1 Å². The Balaban J connectivity index is 5.31. The molecule has 0 bridgehead atoms. The van der Waals surface area contributed by atoms with Gasteiger partial charge < -0.3 is 26.2 Å². The van der Waals surface area contributed by atoms with Crippen LogP contribution in [0.4, 0.5) is 0 Å². The maximum absolute atomic E-state index is 12.5. The van der Waals surface area contributed by atoms with Crippen LogP contribution in [0.25, 0.3) is 0 Å². The lowest BCUT2D eigenvalue weighted by molar-refractivity contribution is -0.142. The molecule has 0 aromatic rings. The first-order valence-corrected chi connectivity index (χ1v) is 9.74. The monoisotopic (exact) mass is 419 g/mol. The predicted molar refractivity (Wildman–Crippen MR) is 104 cm³/mol. The highest BCUT2D eigenvalue weighted by atomic mass is 32.2. The molecular weight excluding hydrogens is 390 g/mol. The molecule has 11 heteroatoms. The fourth-order valence-corrected chi connectivity index (χ4v) is 3.15. The summed E-state index contributed by atoms with van der Waals surface area (Å²) in [4.78, 5) is 59.9. The topological polar surface area (TPSA) is 167 Å². The summed E-state index contributed by atoms with van der Waals surface area (Å²) in [6, 6.07) is -2.28. The van der Waals surface area contributed by atoms with Gasteiger partial charge in [0.15, 0.2) is 5.12 Å². The van der Waals surface area contributed by atoms with Gasteiger partial charge in [0.1, 0.15) is 18.6 Å². The molecule has 0 unspecified atom stereocenters.